The Kier molecular flexibility index (Phi) is 4.89. The smallest absolute Gasteiger partial charge is 0.0595 e. The minimum atomic E-state index is 0.394. The molecule has 1 aromatic carbocycles. The Hall–Kier alpha value is -0.0500. The molecular weight excluding hydrogens is 298 g/mol. The van der Waals surface area contributed by atoms with Crippen molar-refractivity contribution in [2.24, 2.45) is 5.92 Å². The minimum absolute atomic E-state index is 0.394. The van der Waals surface area contributed by atoms with E-state index in [2.05, 4.69) is 40.3 Å². The molecule has 2 rings (SSSR count). The second-order valence-electron chi connectivity index (χ2n) is 4.77. The lowest BCUT2D eigenvalue weighted by Crippen LogP contribution is -2.21. The Balaban J connectivity index is 2.09. The van der Waals surface area contributed by atoms with E-state index in [4.69, 9.17) is 11.6 Å². The van der Waals surface area contributed by atoms with Crippen LogP contribution in [0.1, 0.15) is 44.2 Å². The summed E-state index contributed by atoms with van der Waals surface area (Å²) in [4.78, 5) is 0. The van der Waals surface area contributed by atoms with Gasteiger partial charge in [-0.1, -0.05) is 43.5 Å². The first-order valence-electron chi connectivity index (χ1n) is 6.39. The molecule has 1 saturated carbocycles. The van der Waals surface area contributed by atoms with Crippen LogP contribution in [0.3, 0.4) is 0 Å². The summed E-state index contributed by atoms with van der Waals surface area (Å²) in [5, 5.41) is 4.40. The van der Waals surface area contributed by atoms with E-state index in [-0.39, 0.29) is 0 Å². The van der Waals surface area contributed by atoms with Gasteiger partial charge in [-0.05, 0) is 52.9 Å². The number of hydrogen-bond donors (Lipinski definition) is 1. The number of rotatable bonds is 6. The molecule has 0 aliphatic heterocycles. The maximum atomic E-state index is 6.37. The van der Waals surface area contributed by atoms with Crippen LogP contribution in [0.2, 0.25) is 5.02 Å². The van der Waals surface area contributed by atoms with Crippen molar-refractivity contribution in [3.63, 3.8) is 0 Å². The third-order valence-corrected chi connectivity index (χ3v) is 4.68. The monoisotopic (exact) mass is 315 g/mol. The fraction of sp³-hybridized carbons (Fsp3) is 0.571. The molecule has 1 fully saturated rings. The highest BCUT2D eigenvalue weighted by molar-refractivity contribution is 9.10. The van der Waals surface area contributed by atoms with Crippen molar-refractivity contribution >= 4 is 27.5 Å². The first-order chi connectivity index (χ1) is 8.22. The molecule has 1 aliphatic rings. The van der Waals surface area contributed by atoms with Gasteiger partial charge in [0, 0.05) is 10.5 Å². The van der Waals surface area contributed by atoms with Gasteiger partial charge in [0.2, 0.25) is 0 Å². The highest BCUT2D eigenvalue weighted by Crippen LogP contribution is 2.38. The van der Waals surface area contributed by atoms with Crippen LogP contribution in [0.15, 0.2) is 22.7 Å². The molecule has 0 aromatic heterocycles. The SMILES string of the molecule is CCNC(CCC1CC1)c1cccc(Br)c1Cl. The predicted molar refractivity (Wildman–Crippen MR) is 77.5 cm³/mol. The van der Waals surface area contributed by atoms with E-state index < -0.39 is 0 Å². The zero-order valence-corrected chi connectivity index (χ0v) is 12.5. The van der Waals surface area contributed by atoms with Crippen LogP contribution in [-0.2, 0) is 0 Å². The van der Waals surface area contributed by atoms with Gasteiger partial charge in [-0.3, -0.25) is 0 Å². The maximum absolute atomic E-state index is 6.37. The molecule has 17 heavy (non-hydrogen) atoms. The molecule has 0 bridgehead atoms. The van der Waals surface area contributed by atoms with Crippen LogP contribution in [0.4, 0.5) is 0 Å². The summed E-state index contributed by atoms with van der Waals surface area (Å²) in [6.45, 7) is 3.13. The van der Waals surface area contributed by atoms with Crippen LogP contribution >= 0.6 is 27.5 Å². The Bertz CT molecular complexity index is 376. The maximum Gasteiger partial charge on any atom is 0.0595 e. The lowest BCUT2D eigenvalue weighted by Gasteiger charge is -2.20. The van der Waals surface area contributed by atoms with E-state index in [0.29, 0.717) is 6.04 Å². The minimum Gasteiger partial charge on any atom is -0.310 e. The molecule has 1 aromatic rings. The van der Waals surface area contributed by atoms with Crippen molar-refractivity contribution in [1.29, 1.82) is 0 Å². The molecule has 94 valence electrons. The van der Waals surface area contributed by atoms with E-state index in [0.717, 1.165) is 22.0 Å². The van der Waals surface area contributed by atoms with Crippen molar-refractivity contribution < 1.29 is 0 Å². The van der Waals surface area contributed by atoms with Gasteiger partial charge in [-0.15, -0.1) is 0 Å². The Morgan fingerprint density at radius 2 is 2.24 bits per heavy atom. The lowest BCUT2D eigenvalue weighted by molar-refractivity contribution is 0.481. The summed E-state index contributed by atoms with van der Waals surface area (Å²) in [6.07, 6.45) is 5.35. The van der Waals surface area contributed by atoms with E-state index in [1.54, 1.807) is 0 Å². The predicted octanol–water partition coefficient (Wildman–Crippen LogP) is 4.94. The summed E-state index contributed by atoms with van der Waals surface area (Å²) in [5.41, 5.74) is 1.23. The van der Waals surface area contributed by atoms with E-state index in [1.807, 2.05) is 6.07 Å². The molecule has 0 amide bonds. The third kappa shape index (κ3) is 3.70. The van der Waals surface area contributed by atoms with Gasteiger partial charge in [0.25, 0.3) is 0 Å². The van der Waals surface area contributed by atoms with Gasteiger partial charge in [0.05, 0.1) is 5.02 Å². The highest BCUT2D eigenvalue weighted by Gasteiger charge is 2.23. The molecule has 0 spiro atoms. The number of hydrogen-bond acceptors (Lipinski definition) is 1. The Labute approximate surface area is 117 Å². The van der Waals surface area contributed by atoms with Crippen LogP contribution in [0.5, 0.6) is 0 Å². The lowest BCUT2D eigenvalue weighted by atomic mass is 10.0. The van der Waals surface area contributed by atoms with Crippen molar-refractivity contribution in [1.82, 2.24) is 5.32 Å². The van der Waals surface area contributed by atoms with Crippen LogP contribution < -0.4 is 5.32 Å². The van der Waals surface area contributed by atoms with Crippen molar-refractivity contribution in [2.45, 2.75) is 38.6 Å². The summed E-state index contributed by atoms with van der Waals surface area (Å²) in [7, 11) is 0. The van der Waals surface area contributed by atoms with E-state index >= 15 is 0 Å². The van der Waals surface area contributed by atoms with Crippen molar-refractivity contribution in [3.8, 4) is 0 Å². The second-order valence-corrected chi connectivity index (χ2v) is 6.01. The summed E-state index contributed by atoms with van der Waals surface area (Å²) in [5.74, 6) is 0.974. The molecule has 1 atom stereocenters. The summed E-state index contributed by atoms with van der Waals surface area (Å²) in [6, 6.07) is 6.58. The zero-order valence-electron chi connectivity index (χ0n) is 10.2. The molecule has 0 saturated heterocycles. The van der Waals surface area contributed by atoms with E-state index in [9.17, 15) is 0 Å². The Morgan fingerprint density at radius 3 is 2.88 bits per heavy atom. The first-order valence-corrected chi connectivity index (χ1v) is 7.56. The summed E-state index contributed by atoms with van der Waals surface area (Å²) >= 11 is 9.87. The molecule has 1 unspecified atom stereocenters. The molecule has 0 radical (unpaired) electrons. The topological polar surface area (TPSA) is 12.0 Å². The zero-order chi connectivity index (χ0) is 12.3. The fourth-order valence-electron chi connectivity index (χ4n) is 2.21. The molecule has 0 heterocycles. The standard InChI is InChI=1S/C14H19BrClN/c1-2-17-13(9-8-10-6-7-10)11-4-3-5-12(15)14(11)16/h3-5,10,13,17H,2,6-9H2,1H3. The largest absolute Gasteiger partial charge is 0.310 e. The average Bonchev–Trinajstić information content (AvgIpc) is 3.12. The van der Waals surface area contributed by atoms with Crippen molar-refractivity contribution in [2.75, 3.05) is 6.54 Å². The number of nitrogens with one attached hydrogen (secondary N) is 1. The van der Waals surface area contributed by atoms with Gasteiger partial charge < -0.3 is 5.32 Å². The highest BCUT2D eigenvalue weighted by atomic mass is 79.9. The van der Waals surface area contributed by atoms with Crippen molar-refractivity contribution in [3.05, 3.63) is 33.3 Å². The normalized spacial score (nSPS) is 17.1. The Morgan fingerprint density at radius 1 is 1.47 bits per heavy atom. The quantitative estimate of drug-likeness (QED) is 0.783. The van der Waals surface area contributed by atoms with Gasteiger partial charge in [-0.25, -0.2) is 0 Å². The average molecular weight is 317 g/mol. The van der Waals surface area contributed by atoms with Gasteiger partial charge in [0.1, 0.15) is 0 Å². The summed E-state index contributed by atoms with van der Waals surface area (Å²) < 4.78 is 0.992. The molecular formula is C14H19BrClN. The van der Waals surface area contributed by atoms with Gasteiger partial charge in [0.15, 0.2) is 0 Å². The number of halogens is 2. The molecule has 3 heteroatoms. The first kappa shape index (κ1) is 13.4. The molecule has 1 nitrogen and oxygen atoms in total. The van der Waals surface area contributed by atoms with Crippen LogP contribution in [0.25, 0.3) is 0 Å². The molecule has 1 aliphatic carbocycles. The fourth-order valence-corrected chi connectivity index (χ4v) is 2.85. The third-order valence-electron chi connectivity index (χ3n) is 3.37. The second kappa shape index (κ2) is 6.21. The molecule has 1 N–H and O–H groups in total. The van der Waals surface area contributed by atoms with E-state index in [1.165, 1.54) is 31.2 Å². The van der Waals surface area contributed by atoms with Crippen LogP contribution in [-0.4, -0.2) is 6.54 Å². The number of benzene rings is 1. The van der Waals surface area contributed by atoms with Gasteiger partial charge >= 0.3 is 0 Å². The van der Waals surface area contributed by atoms with Crippen LogP contribution in [0, 0.1) is 5.92 Å². The van der Waals surface area contributed by atoms with Gasteiger partial charge in [-0.2, -0.15) is 0 Å².